The molecular formula is C18H28O4. The van der Waals surface area contributed by atoms with E-state index in [2.05, 4.69) is 6.92 Å². The first-order valence-electron chi connectivity index (χ1n) is 8.03. The molecule has 1 rings (SSSR count). The quantitative estimate of drug-likeness (QED) is 0.500. The molecule has 4 nitrogen and oxygen atoms in total. The average Bonchev–Trinajstić information content (AvgIpc) is 2.54. The lowest BCUT2D eigenvalue weighted by molar-refractivity contribution is -0.117. The largest absolute Gasteiger partial charge is 0.494 e. The van der Waals surface area contributed by atoms with E-state index in [-0.39, 0.29) is 18.4 Å². The SMILES string of the molecule is CC.CCCCOc1ccc(C(=O)OCCCC(C)=O)cc1. The molecule has 1 aromatic rings. The molecule has 0 aliphatic rings. The van der Waals surface area contributed by atoms with Gasteiger partial charge in [-0.05, 0) is 44.0 Å². The second-order valence-electron chi connectivity index (χ2n) is 4.67. The molecule has 0 saturated carbocycles. The topological polar surface area (TPSA) is 52.6 Å². The van der Waals surface area contributed by atoms with Crippen molar-refractivity contribution in [1.29, 1.82) is 0 Å². The van der Waals surface area contributed by atoms with Gasteiger partial charge in [0.1, 0.15) is 11.5 Å². The molecule has 124 valence electrons. The molecule has 0 fully saturated rings. The predicted molar refractivity (Wildman–Crippen MR) is 88.4 cm³/mol. The van der Waals surface area contributed by atoms with Crippen molar-refractivity contribution in [1.82, 2.24) is 0 Å². The maximum Gasteiger partial charge on any atom is 0.338 e. The van der Waals surface area contributed by atoms with Gasteiger partial charge in [-0.3, -0.25) is 0 Å². The second-order valence-corrected chi connectivity index (χ2v) is 4.67. The van der Waals surface area contributed by atoms with Crippen molar-refractivity contribution in [3.63, 3.8) is 0 Å². The van der Waals surface area contributed by atoms with Crippen LogP contribution in [0.15, 0.2) is 24.3 Å². The van der Waals surface area contributed by atoms with Crippen molar-refractivity contribution < 1.29 is 19.1 Å². The third kappa shape index (κ3) is 9.16. The standard InChI is InChI=1S/C16H22O4.C2H6/c1-3-4-11-19-15-9-7-14(8-10-15)16(18)20-12-5-6-13(2)17;1-2/h7-10H,3-6,11-12H2,1-2H3;1-2H3. The fourth-order valence-corrected chi connectivity index (χ4v) is 1.59. The number of ether oxygens (including phenoxy) is 2. The minimum atomic E-state index is -0.367. The Morgan fingerprint density at radius 3 is 2.18 bits per heavy atom. The number of carbonyl (C=O) groups is 2. The molecule has 0 unspecified atom stereocenters. The van der Waals surface area contributed by atoms with E-state index in [1.807, 2.05) is 13.8 Å². The molecule has 0 heterocycles. The van der Waals surface area contributed by atoms with E-state index in [4.69, 9.17) is 9.47 Å². The van der Waals surface area contributed by atoms with Gasteiger partial charge < -0.3 is 14.3 Å². The summed E-state index contributed by atoms with van der Waals surface area (Å²) in [7, 11) is 0. The minimum Gasteiger partial charge on any atom is -0.494 e. The van der Waals surface area contributed by atoms with E-state index >= 15 is 0 Å². The lowest BCUT2D eigenvalue weighted by Crippen LogP contribution is -2.07. The summed E-state index contributed by atoms with van der Waals surface area (Å²) in [6.45, 7) is 8.59. The highest BCUT2D eigenvalue weighted by atomic mass is 16.5. The summed E-state index contributed by atoms with van der Waals surface area (Å²) in [6, 6.07) is 6.91. The van der Waals surface area contributed by atoms with Gasteiger partial charge in [-0.25, -0.2) is 4.79 Å². The van der Waals surface area contributed by atoms with Crippen LogP contribution < -0.4 is 4.74 Å². The van der Waals surface area contributed by atoms with Crippen molar-refractivity contribution in [3.05, 3.63) is 29.8 Å². The van der Waals surface area contributed by atoms with Gasteiger partial charge in [0, 0.05) is 6.42 Å². The van der Waals surface area contributed by atoms with E-state index in [0.717, 1.165) is 18.6 Å². The number of hydrogen-bond donors (Lipinski definition) is 0. The first kappa shape index (κ1) is 20.2. The van der Waals surface area contributed by atoms with E-state index in [1.165, 1.54) is 6.92 Å². The Labute approximate surface area is 133 Å². The monoisotopic (exact) mass is 308 g/mol. The molecule has 0 radical (unpaired) electrons. The Balaban J connectivity index is 0.00000211. The third-order valence-corrected chi connectivity index (χ3v) is 2.76. The highest BCUT2D eigenvalue weighted by molar-refractivity contribution is 5.89. The number of hydrogen-bond acceptors (Lipinski definition) is 4. The van der Waals surface area contributed by atoms with Crippen LogP contribution >= 0.6 is 0 Å². The third-order valence-electron chi connectivity index (χ3n) is 2.76. The molecule has 22 heavy (non-hydrogen) atoms. The van der Waals surface area contributed by atoms with Crippen LogP contribution in [-0.4, -0.2) is 25.0 Å². The van der Waals surface area contributed by atoms with E-state index in [9.17, 15) is 9.59 Å². The van der Waals surface area contributed by atoms with Gasteiger partial charge in [-0.2, -0.15) is 0 Å². The van der Waals surface area contributed by atoms with E-state index < -0.39 is 0 Å². The fraction of sp³-hybridized carbons (Fsp3) is 0.556. The summed E-state index contributed by atoms with van der Waals surface area (Å²) in [5, 5.41) is 0. The van der Waals surface area contributed by atoms with Gasteiger partial charge in [0.2, 0.25) is 0 Å². The van der Waals surface area contributed by atoms with Crippen molar-refractivity contribution in [2.45, 2.75) is 53.4 Å². The van der Waals surface area contributed by atoms with Crippen molar-refractivity contribution in [3.8, 4) is 5.75 Å². The number of rotatable bonds is 9. The van der Waals surface area contributed by atoms with Crippen LogP contribution in [0.3, 0.4) is 0 Å². The van der Waals surface area contributed by atoms with Crippen LogP contribution in [0.1, 0.15) is 63.7 Å². The van der Waals surface area contributed by atoms with Crippen LogP contribution in [0.25, 0.3) is 0 Å². The number of ketones is 1. The number of Topliss-reactive ketones (excluding diaryl/α,β-unsaturated/α-hetero) is 1. The molecular weight excluding hydrogens is 280 g/mol. The minimum absolute atomic E-state index is 0.106. The highest BCUT2D eigenvalue weighted by Gasteiger charge is 2.07. The number of benzene rings is 1. The Hall–Kier alpha value is -1.84. The average molecular weight is 308 g/mol. The molecule has 0 spiro atoms. The smallest absolute Gasteiger partial charge is 0.338 e. The lowest BCUT2D eigenvalue weighted by atomic mass is 10.2. The van der Waals surface area contributed by atoms with Gasteiger partial charge >= 0.3 is 5.97 Å². The fourth-order valence-electron chi connectivity index (χ4n) is 1.59. The molecule has 0 aromatic heterocycles. The van der Waals surface area contributed by atoms with Gasteiger partial charge in [0.15, 0.2) is 0 Å². The maximum atomic E-state index is 11.7. The summed E-state index contributed by atoms with van der Waals surface area (Å²) in [5.74, 6) is 0.495. The zero-order chi connectivity index (χ0) is 16.8. The molecule has 0 amide bonds. The van der Waals surface area contributed by atoms with Crippen LogP contribution in [0.5, 0.6) is 5.75 Å². The molecule has 4 heteroatoms. The van der Waals surface area contributed by atoms with Gasteiger partial charge in [-0.1, -0.05) is 27.2 Å². The molecule has 0 N–H and O–H groups in total. The molecule has 0 atom stereocenters. The summed E-state index contributed by atoms with van der Waals surface area (Å²) < 4.78 is 10.6. The molecule has 0 saturated heterocycles. The Bertz CT molecular complexity index is 423. The van der Waals surface area contributed by atoms with Crippen LogP contribution in [0, 0.1) is 0 Å². The van der Waals surface area contributed by atoms with Gasteiger partial charge in [-0.15, -0.1) is 0 Å². The van der Waals surface area contributed by atoms with Gasteiger partial charge in [0.05, 0.1) is 18.8 Å². The van der Waals surface area contributed by atoms with E-state index in [1.54, 1.807) is 24.3 Å². The Morgan fingerprint density at radius 1 is 1.00 bits per heavy atom. The van der Waals surface area contributed by atoms with Crippen LogP contribution in [-0.2, 0) is 9.53 Å². The summed E-state index contributed by atoms with van der Waals surface area (Å²) in [4.78, 5) is 22.5. The van der Waals surface area contributed by atoms with Crippen LogP contribution in [0.2, 0.25) is 0 Å². The van der Waals surface area contributed by atoms with E-state index in [0.29, 0.717) is 25.0 Å². The van der Waals surface area contributed by atoms with Crippen molar-refractivity contribution in [2.24, 2.45) is 0 Å². The Morgan fingerprint density at radius 2 is 1.64 bits per heavy atom. The van der Waals surface area contributed by atoms with Gasteiger partial charge in [0.25, 0.3) is 0 Å². The summed E-state index contributed by atoms with van der Waals surface area (Å²) >= 11 is 0. The number of carbonyl (C=O) groups excluding carboxylic acids is 2. The summed E-state index contributed by atoms with van der Waals surface area (Å²) in [6.07, 6.45) is 3.11. The first-order valence-corrected chi connectivity index (χ1v) is 8.03. The van der Waals surface area contributed by atoms with Crippen molar-refractivity contribution >= 4 is 11.8 Å². The zero-order valence-electron chi connectivity index (χ0n) is 14.2. The normalized spacial score (nSPS) is 9.45. The summed E-state index contributed by atoms with van der Waals surface area (Å²) in [5.41, 5.74) is 0.496. The molecule has 0 aliphatic heterocycles. The Kier molecular flexibility index (Phi) is 11.8. The highest BCUT2D eigenvalue weighted by Crippen LogP contribution is 2.13. The lowest BCUT2D eigenvalue weighted by Gasteiger charge is -2.07. The van der Waals surface area contributed by atoms with Crippen molar-refractivity contribution in [2.75, 3.05) is 13.2 Å². The molecule has 0 aliphatic carbocycles. The zero-order valence-corrected chi connectivity index (χ0v) is 14.2. The number of unbranched alkanes of at least 4 members (excludes halogenated alkanes) is 1. The first-order chi connectivity index (χ1) is 10.6. The number of esters is 1. The maximum absolute atomic E-state index is 11.7. The molecule has 0 bridgehead atoms. The molecule has 1 aromatic carbocycles. The van der Waals surface area contributed by atoms with Crippen LogP contribution in [0.4, 0.5) is 0 Å². The predicted octanol–water partition coefficient (Wildman–Crippen LogP) is 4.42. The second kappa shape index (κ2) is 12.9.